The van der Waals surface area contributed by atoms with E-state index in [-0.39, 0.29) is 0 Å². The number of aromatic nitrogens is 3. The molecular weight excluding hydrogens is 385 g/mol. The molecule has 4 rings (SSSR count). The van der Waals surface area contributed by atoms with Crippen molar-refractivity contribution in [1.82, 2.24) is 14.8 Å². The van der Waals surface area contributed by atoms with Gasteiger partial charge in [0, 0.05) is 21.8 Å². The maximum atomic E-state index is 12.2. The van der Waals surface area contributed by atoms with Crippen molar-refractivity contribution in [1.29, 1.82) is 0 Å². The molecule has 0 radical (unpaired) electrons. The van der Waals surface area contributed by atoms with Gasteiger partial charge in [-0.05, 0) is 25.1 Å². The third-order valence-electron chi connectivity index (χ3n) is 4.43. The van der Waals surface area contributed by atoms with Crippen LogP contribution < -0.4 is 11.1 Å². The van der Waals surface area contributed by atoms with Gasteiger partial charge in [0.1, 0.15) is 6.04 Å². The second kappa shape index (κ2) is 6.72. The Kier molecular flexibility index (Phi) is 4.37. The van der Waals surface area contributed by atoms with E-state index >= 15 is 0 Å². The zero-order valence-corrected chi connectivity index (χ0v) is 15.8. The topological polar surface area (TPSA) is 85.8 Å². The molecular formula is C19H15Cl2N5O. The minimum atomic E-state index is -0.587. The van der Waals surface area contributed by atoms with Crippen LogP contribution in [0.5, 0.6) is 0 Å². The van der Waals surface area contributed by atoms with E-state index in [2.05, 4.69) is 15.4 Å². The number of carbonyl (C=O) groups is 1. The normalized spacial score (nSPS) is 16.0. The zero-order valence-electron chi connectivity index (χ0n) is 14.3. The molecule has 1 unspecified atom stereocenters. The highest BCUT2D eigenvalue weighted by Crippen LogP contribution is 2.39. The number of allylic oxidation sites excluding steroid dienone is 1. The van der Waals surface area contributed by atoms with Crippen LogP contribution in [0.4, 0.5) is 5.95 Å². The molecule has 27 heavy (non-hydrogen) atoms. The second-order valence-corrected chi connectivity index (χ2v) is 6.95. The van der Waals surface area contributed by atoms with E-state index in [4.69, 9.17) is 28.9 Å². The van der Waals surface area contributed by atoms with Crippen LogP contribution in [0.15, 0.2) is 59.8 Å². The van der Waals surface area contributed by atoms with Crippen LogP contribution in [0, 0.1) is 0 Å². The van der Waals surface area contributed by atoms with E-state index in [0.717, 1.165) is 0 Å². The first-order valence-electron chi connectivity index (χ1n) is 8.21. The first-order chi connectivity index (χ1) is 13.0. The molecule has 0 aliphatic carbocycles. The van der Waals surface area contributed by atoms with Crippen LogP contribution in [0.1, 0.15) is 18.5 Å². The number of rotatable bonds is 3. The van der Waals surface area contributed by atoms with Crippen molar-refractivity contribution in [2.75, 3.05) is 5.32 Å². The first-order valence-corrected chi connectivity index (χ1v) is 8.96. The quantitative estimate of drug-likeness (QED) is 0.695. The maximum absolute atomic E-state index is 12.2. The molecule has 2 aromatic carbocycles. The monoisotopic (exact) mass is 399 g/mol. The van der Waals surface area contributed by atoms with E-state index in [1.807, 2.05) is 36.4 Å². The summed E-state index contributed by atoms with van der Waals surface area (Å²) in [6.07, 6.45) is 0. The minimum absolute atomic E-state index is 0.381. The SMILES string of the molecule is CC1=C(C(N)=O)C(c2ccccc2Cl)n2nc(-c3ccccc3Cl)nc2N1. The Morgan fingerprint density at radius 3 is 2.44 bits per heavy atom. The highest BCUT2D eigenvalue weighted by Gasteiger charge is 2.34. The summed E-state index contributed by atoms with van der Waals surface area (Å²) in [5, 5.41) is 8.76. The molecule has 1 aromatic heterocycles. The number of nitrogens with two attached hydrogens (primary N) is 1. The third kappa shape index (κ3) is 2.97. The maximum Gasteiger partial charge on any atom is 0.248 e. The van der Waals surface area contributed by atoms with Crippen LogP contribution in [0.2, 0.25) is 10.0 Å². The molecule has 0 spiro atoms. The van der Waals surface area contributed by atoms with Gasteiger partial charge in [-0.25, -0.2) is 4.68 Å². The molecule has 1 atom stereocenters. The number of nitrogens with one attached hydrogen (secondary N) is 1. The largest absolute Gasteiger partial charge is 0.366 e. The lowest BCUT2D eigenvalue weighted by atomic mass is 9.95. The third-order valence-corrected chi connectivity index (χ3v) is 5.11. The first kappa shape index (κ1) is 17.6. The summed E-state index contributed by atoms with van der Waals surface area (Å²) in [4.78, 5) is 16.8. The Hall–Kier alpha value is -2.83. The summed E-state index contributed by atoms with van der Waals surface area (Å²) < 4.78 is 1.62. The van der Waals surface area contributed by atoms with Crippen LogP contribution in [0.25, 0.3) is 11.4 Å². The standard InChI is InChI=1S/C19H15Cl2N5O/c1-10-15(17(22)27)16(11-6-2-4-8-13(11)20)26-19(23-10)24-18(25-26)12-7-3-5-9-14(12)21/h2-9,16H,1H3,(H2,22,27)(H,23,24,25). The Morgan fingerprint density at radius 1 is 1.11 bits per heavy atom. The number of carbonyl (C=O) groups excluding carboxylic acids is 1. The van der Waals surface area contributed by atoms with Crippen LogP contribution in [-0.4, -0.2) is 20.7 Å². The summed E-state index contributed by atoms with van der Waals surface area (Å²) in [5.74, 6) is 0.376. The molecule has 3 N–H and O–H groups in total. The molecule has 1 aliphatic heterocycles. The summed E-state index contributed by atoms with van der Waals surface area (Å²) in [7, 11) is 0. The molecule has 0 bridgehead atoms. The van der Waals surface area contributed by atoms with E-state index < -0.39 is 11.9 Å². The van der Waals surface area contributed by atoms with Gasteiger partial charge in [-0.15, -0.1) is 5.10 Å². The predicted octanol–water partition coefficient (Wildman–Crippen LogP) is 4.03. The Labute approximate surface area is 165 Å². The van der Waals surface area contributed by atoms with E-state index in [0.29, 0.717) is 44.2 Å². The molecule has 3 aromatic rings. The fourth-order valence-electron chi connectivity index (χ4n) is 3.21. The molecule has 136 valence electrons. The number of hydrogen-bond acceptors (Lipinski definition) is 4. The van der Waals surface area contributed by atoms with Crippen molar-refractivity contribution in [3.8, 4) is 11.4 Å². The fourth-order valence-corrected chi connectivity index (χ4v) is 3.67. The average Bonchev–Trinajstić information content (AvgIpc) is 3.04. The van der Waals surface area contributed by atoms with Crippen molar-refractivity contribution in [3.05, 3.63) is 75.4 Å². The van der Waals surface area contributed by atoms with Gasteiger partial charge in [0.15, 0.2) is 5.82 Å². The smallest absolute Gasteiger partial charge is 0.248 e. The summed E-state index contributed by atoms with van der Waals surface area (Å²) >= 11 is 12.7. The van der Waals surface area contributed by atoms with Gasteiger partial charge < -0.3 is 11.1 Å². The molecule has 1 amide bonds. The van der Waals surface area contributed by atoms with Crippen LogP contribution >= 0.6 is 23.2 Å². The van der Waals surface area contributed by atoms with Crippen molar-refractivity contribution >= 4 is 35.1 Å². The van der Waals surface area contributed by atoms with E-state index in [1.165, 1.54) is 0 Å². The van der Waals surface area contributed by atoms with Gasteiger partial charge in [0.25, 0.3) is 0 Å². The number of halogens is 2. The number of hydrogen-bond donors (Lipinski definition) is 2. The van der Waals surface area contributed by atoms with Crippen molar-refractivity contribution in [2.24, 2.45) is 5.73 Å². The molecule has 8 heteroatoms. The van der Waals surface area contributed by atoms with Crippen molar-refractivity contribution in [3.63, 3.8) is 0 Å². The predicted molar refractivity (Wildman–Crippen MR) is 106 cm³/mol. The number of fused-ring (bicyclic) bond motifs is 1. The van der Waals surface area contributed by atoms with Crippen LogP contribution in [0.3, 0.4) is 0 Å². The molecule has 6 nitrogen and oxygen atoms in total. The molecule has 0 fully saturated rings. The molecule has 2 heterocycles. The number of primary amides is 1. The second-order valence-electron chi connectivity index (χ2n) is 6.14. The summed E-state index contributed by atoms with van der Waals surface area (Å²) in [6, 6.07) is 14.0. The van der Waals surface area contributed by atoms with E-state index in [1.54, 1.807) is 23.7 Å². The van der Waals surface area contributed by atoms with Crippen molar-refractivity contribution < 1.29 is 4.79 Å². The number of nitrogens with zero attached hydrogens (tertiary/aromatic N) is 3. The lowest BCUT2D eigenvalue weighted by molar-refractivity contribution is -0.115. The lowest BCUT2D eigenvalue weighted by Gasteiger charge is -2.28. The fraction of sp³-hybridized carbons (Fsp3) is 0.105. The van der Waals surface area contributed by atoms with Gasteiger partial charge in [0.2, 0.25) is 11.9 Å². The number of anilines is 1. The summed E-state index contributed by atoms with van der Waals surface area (Å²) in [5.41, 5.74) is 8.07. The van der Waals surface area contributed by atoms with Gasteiger partial charge >= 0.3 is 0 Å². The number of amides is 1. The molecule has 1 aliphatic rings. The molecule has 0 saturated carbocycles. The van der Waals surface area contributed by atoms with Crippen LogP contribution in [-0.2, 0) is 4.79 Å². The average molecular weight is 400 g/mol. The lowest BCUT2D eigenvalue weighted by Crippen LogP contribution is -2.32. The summed E-state index contributed by atoms with van der Waals surface area (Å²) in [6.45, 7) is 1.78. The van der Waals surface area contributed by atoms with E-state index in [9.17, 15) is 4.79 Å². The van der Waals surface area contributed by atoms with Gasteiger partial charge in [-0.1, -0.05) is 53.5 Å². The molecule has 0 saturated heterocycles. The Bertz CT molecular complexity index is 1090. The van der Waals surface area contributed by atoms with Crippen molar-refractivity contribution in [2.45, 2.75) is 13.0 Å². The highest BCUT2D eigenvalue weighted by molar-refractivity contribution is 6.33. The Morgan fingerprint density at radius 2 is 1.78 bits per heavy atom. The van der Waals surface area contributed by atoms with Gasteiger partial charge in [0.05, 0.1) is 10.6 Å². The Balaban J connectivity index is 1.93. The highest BCUT2D eigenvalue weighted by atomic mass is 35.5. The zero-order chi connectivity index (χ0) is 19.1. The number of benzene rings is 2. The minimum Gasteiger partial charge on any atom is -0.366 e. The van der Waals surface area contributed by atoms with Gasteiger partial charge in [-0.3, -0.25) is 4.79 Å². The van der Waals surface area contributed by atoms with Gasteiger partial charge in [-0.2, -0.15) is 4.98 Å².